The second-order valence-electron chi connectivity index (χ2n) is 10.3. The standard InChI is InChI=1S/C28H35N3O3/c1-4-27(2,3)22-15-17-28(18-16-22)25(33)31(26(34)30-28)19-23(32)29-24(20-11-7-5-8-12-20)21-13-9-6-10-14-21/h5-14,22,24H,4,15-19H2,1-3H3,(H,29,32)(H,30,34). The minimum absolute atomic E-state index is 0.219. The van der Waals surface area contributed by atoms with Crippen LogP contribution in [0.1, 0.15) is 70.0 Å². The van der Waals surface area contributed by atoms with E-state index in [1.54, 1.807) is 0 Å². The minimum atomic E-state index is -0.865. The zero-order valence-corrected chi connectivity index (χ0v) is 20.3. The molecule has 2 fully saturated rings. The van der Waals surface area contributed by atoms with E-state index in [1.165, 1.54) is 0 Å². The lowest BCUT2D eigenvalue weighted by atomic mass is 9.65. The van der Waals surface area contributed by atoms with Crippen LogP contribution in [-0.4, -0.2) is 34.8 Å². The summed E-state index contributed by atoms with van der Waals surface area (Å²) >= 11 is 0. The third-order valence-corrected chi connectivity index (χ3v) is 7.97. The second-order valence-corrected chi connectivity index (χ2v) is 10.3. The van der Waals surface area contributed by atoms with Gasteiger partial charge in [-0.3, -0.25) is 14.5 Å². The van der Waals surface area contributed by atoms with Gasteiger partial charge in [-0.15, -0.1) is 0 Å². The highest BCUT2D eigenvalue weighted by molar-refractivity contribution is 6.09. The molecular weight excluding hydrogens is 426 g/mol. The quantitative estimate of drug-likeness (QED) is 0.581. The van der Waals surface area contributed by atoms with Crippen molar-refractivity contribution >= 4 is 17.8 Å². The van der Waals surface area contributed by atoms with Gasteiger partial charge in [0, 0.05) is 0 Å². The molecule has 0 aromatic heterocycles. The number of nitrogens with zero attached hydrogens (tertiary/aromatic N) is 1. The van der Waals surface area contributed by atoms with Crippen LogP contribution in [0.15, 0.2) is 60.7 Å². The molecule has 0 atom stereocenters. The smallest absolute Gasteiger partial charge is 0.325 e. The zero-order valence-electron chi connectivity index (χ0n) is 20.3. The molecule has 0 radical (unpaired) electrons. The van der Waals surface area contributed by atoms with Gasteiger partial charge in [0.1, 0.15) is 12.1 Å². The van der Waals surface area contributed by atoms with Gasteiger partial charge in [-0.25, -0.2) is 4.79 Å². The number of amides is 4. The fraction of sp³-hybridized carbons (Fsp3) is 0.464. The molecule has 180 valence electrons. The van der Waals surface area contributed by atoms with Crippen LogP contribution in [0.3, 0.4) is 0 Å². The van der Waals surface area contributed by atoms with Crippen LogP contribution in [0.4, 0.5) is 4.79 Å². The highest BCUT2D eigenvalue weighted by Gasteiger charge is 2.53. The number of rotatable bonds is 7. The van der Waals surface area contributed by atoms with Gasteiger partial charge in [0.2, 0.25) is 5.91 Å². The zero-order chi connectivity index (χ0) is 24.3. The molecule has 1 saturated heterocycles. The van der Waals surface area contributed by atoms with Crippen molar-refractivity contribution in [2.45, 2.75) is 64.5 Å². The molecule has 2 aromatic carbocycles. The van der Waals surface area contributed by atoms with Crippen LogP contribution in [0.5, 0.6) is 0 Å². The summed E-state index contributed by atoms with van der Waals surface area (Å²) in [6.07, 6.45) is 4.14. The Kier molecular flexibility index (Phi) is 6.78. The number of carbonyl (C=O) groups excluding carboxylic acids is 3. The summed E-state index contributed by atoms with van der Waals surface area (Å²) < 4.78 is 0. The van der Waals surface area contributed by atoms with E-state index < -0.39 is 11.6 Å². The van der Waals surface area contributed by atoms with Crippen molar-refractivity contribution in [2.75, 3.05) is 6.54 Å². The Bertz CT molecular complexity index is 988. The van der Waals surface area contributed by atoms with Crippen LogP contribution in [-0.2, 0) is 9.59 Å². The Morgan fingerprint density at radius 2 is 1.56 bits per heavy atom. The summed E-state index contributed by atoms with van der Waals surface area (Å²) in [4.78, 5) is 40.3. The van der Waals surface area contributed by atoms with E-state index in [-0.39, 0.29) is 29.8 Å². The Morgan fingerprint density at radius 3 is 2.06 bits per heavy atom. The summed E-state index contributed by atoms with van der Waals surface area (Å²) in [5, 5.41) is 5.97. The molecule has 1 aliphatic heterocycles. The molecule has 1 heterocycles. The number of hydrogen-bond donors (Lipinski definition) is 2. The fourth-order valence-electron chi connectivity index (χ4n) is 5.34. The number of imide groups is 1. The van der Waals surface area contributed by atoms with E-state index in [2.05, 4.69) is 31.4 Å². The molecule has 1 aliphatic carbocycles. The minimum Gasteiger partial charge on any atom is -0.344 e. The first-order chi connectivity index (χ1) is 16.3. The van der Waals surface area contributed by atoms with E-state index in [9.17, 15) is 14.4 Å². The Morgan fingerprint density at radius 1 is 1.03 bits per heavy atom. The van der Waals surface area contributed by atoms with Crippen molar-refractivity contribution in [1.29, 1.82) is 0 Å². The number of benzene rings is 2. The SMILES string of the molecule is CCC(C)(C)C1CCC2(CC1)NC(=O)N(CC(=O)NC(c1ccccc1)c1ccccc1)C2=O. The van der Waals surface area contributed by atoms with Crippen molar-refractivity contribution in [3.8, 4) is 0 Å². The largest absolute Gasteiger partial charge is 0.344 e. The summed E-state index contributed by atoms with van der Waals surface area (Å²) in [6, 6.07) is 18.5. The predicted molar refractivity (Wildman–Crippen MR) is 132 cm³/mol. The Hall–Kier alpha value is -3.15. The molecule has 2 aliphatic rings. The monoisotopic (exact) mass is 461 g/mol. The lowest BCUT2D eigenvalue weighted by Crippen LogP contribution is -2.51. The summed E-state index contributed by atoms with van der Waals surface area (Å²) in [5.74, 6) is -0.0990. The van der Waals surface area contributed by atoms with Gasteiger partial charge in [-0.1, -0.05) is 87.9 Å². The number of nitrogens with one attached hydrogen (secondary N) is 2. The van der Waals surface area contributed by atoms with E-state index in [0.717, 1.165) is 35.3 Å². The van der Waals surface area contributed by atoms with Gasteiger partial charge in [0.05, 0.1) is 6.04 Å². The van der Waals surface area contributed by atoms with Crippen LogP contribution in [0, 0.1) is 11.3 Å². The molecule has 2 aromatic rings. The predicted octanol–water partition coefficient (Wildman–Crippen LogP) is 4.81. The van der Waals surface area contributed by atoms with Gasteiger partial charge in [-0.05, 0) is 48.1 Å². The van der Waals surface area contributed by atoms with Crippen LogP contribution < -0.4 is 10.6 Å². The average molecular weight is 462 g/mol. The van der Waals surface area contributed by atoms with E-state index in [0.29, 0.717) is 18.8 Å². The fourth-order valence-corrected chi connectivity index (χ4v) is 5.34. The Balaban J connectivity index is 1.45. The van der Waals surface area contributed by atoms with Gasteiger partial charge < -0.3 is 10.6 Å². The van der Waals surface area contributed by atoms with E-state index >= 15 is 0 Å². The first-order valence-corrected chi connectivity index (χ1v) is 12.3. The third-order valence-electron chi connectivity index (χ3n) is 7.97. The summed E-state index contributed by atoms with van der Waals surface area (Å²) in [6.45, 7) is 6.46. The first kappa shape index (κ1) is 24.0. The lowest BCUT2D eigenvalue weighted by Gasteiger charge is -2.42. The Labute approximate surface area is 202 Å². The first-order valence-electron chi connectivity index (χ1n) is 12.3. The number of carbonyl (C=O) groups is 3. The van der Waals surface area contributed by atoms with Crippen molar-refractivity contribution < 1.29 is 14.4 Å². The van der Waals surface area contributed by atoms with Crippen molar-refractivity contribution in [3.05, 3.63) is 71.8 Å². The van der Waals surface area contributed by atoms with Gasteiger partial charge in [0.25, 0.3) is 5.91 Å². The van der Waals surface area contributed by atoms with Gasteiger partial charge in [-0.2, -0.15) is 0 Å². The van der Waals surface area contributed by atoms with E-state index in [1.807, 2.05) is 60.7 Å². The molecule has 1 spiro atoms. The van der Waals surface area contributed by atoms with Crippen molar-refractivity contribution in [1.82, 2.24) is 15.5 Å². The lowest BCUT2D eigenvalue weighted by molar-refractivity contribution is -0.136. The highest BCUT2D eigenvalue weighted by Crippen LogP contribution is 2.45. The van der Waals surface area contributed by atoms with E-state index in [4.69, 9.17) is 0 Å². The number of urea groups is 1. The molecule has 1 saturated carbocycles. The van der Waals surface area contributed by atoms with Crippen LogP contribution in [0.25, 0.3) is 0 Å². The molecule has 6 nitrogen and oxygen atoms in total. The second kappa shape index (κ2) is 9.61. The summed E-state index contributed by atoms with van der Waals surface area (Å²) in [7, 11) is 0. The topological polar surface area (TPSA) is 78.5 Å². The van der Waals surface area contributed by atoms with Crippen molar-refractivity contribution in [2.24, 2.45) is 11.3 Å². The van der Waals surface area contributed by atoms with Gasteiger partial charge in [0.15, 0.2) is 0 Å². The van der Waals surface area contributed by atoms with Crippen LogP contribution >= 0.6 is 0 Å². The molecule has 0 bridgehead atoms. The maximum Gasteiger partial charge on any atom is 0.325 e. The van der Waals surface area contributed by atoms with Crippen LogP contribution in [0.2, 0.25) is 0 Å². The molecular formula is C28H35N3O3. The third kappa shape index (κ3) is 4.72. The maximum absolute atomic E-state index is 13.3. The molecule has 2 N–H and O–H groups in total. The summed E-state index contributed by atoms with van der Waals surface area (Å²) in [5.41, 5.74) is 1.23. The molecule has 34 heavy (non-hydrogen) atoms. The van der Waals surface area contributed by atoms with Gasteiger partial charge >= 0.3 is 6.03 Å². The normalized spacial score (nSPS) is 22.8. The molecule has 4 amide bonds. The molecule has 4 rings (SSSR count). The molecule has 6 heteroatoms. The maximum atomic E-state index is 13.3. The number of hydrogen-bond acceptors (Lipinski definition) is 3. The molecule has 0 unspecified atom stereocenters. The van der Waals surface area contributed by atoms with Crippen molar-refractivity contribution in [3.63, 3.8) is 0 Å². The highest BCUT2D eigenvalue weighted by atomic mass is 16.2. The average Bonchev–Trinajstić information content (AvgIpc) is 3.07.